The van der Waals surface area contributed by atoms with Crippen molar-refractivity contribution < 1.29 is 0 Å². The van der Waals surface area contributed by atoms with E-state index in [4.69, 9.17) is 4.98 Å². The van der Waals surface area contributed by atoms with Gasteiger partial charge in [0, 0.05) is 33.8 Å². The van der Waals surface area contributed by atoms with Crippen molar-refractivity contribution in [2.75, 3.05) is 20.6 Å². The maximum Gasteiger partial charge on any atom is 0.159 e. The number of aromatic amines is 2. The molecule has 0 spiro atoms. The monoisotopic (exact) mass is 479 g/mol. The Labute approximate surface area is 206 Å². The van der Waals surface area contributed by atoms with Gasteiger partial charge in [-0.25, -0.2) is 4.98 Å². The average Bonchev–Trinajstić information content (AvgIpc) is 3.62. The molecule has 1 aromatic carbocycles. The number of nitrogens with one attached hydrogen (secondary N) is 2. The molecular weight excluding hydrogens is 454 g/mol. The molecule has 0 bridgehead atoms. The molecule has 0 aliphatic rings. The molecule has 35 heavy (non-hydrogen) atoms. The summed E-state index contributed by atoms with van der Waals surface area (Å²) in [6.45, 7) is 1.05. The molecule has 0 aliphatic heterocycles. The molecule has 5 heterocycles. The van der Waals surface area contributed by atoms with Crippen LogP contribution in [0.25, 0.3) is 55.2 Å². The molecule has 0 radical (unpaired) electrons. The normalized spacial score (nSPS) is 11.7. The second kappa shape index (κ2) is 9.05. The number of nitrogens with zero attached hydrogens (tertiary/aromatic N) is 5. The Morgan fingerprint density at radius 1 is 1.00 bits per heavy atom. The SMILES string of the molecule is CN(C)CCCc1cncc(-c2cc3c(-c4nc5c(-c6cccs6)cccc5[nH]4)n[nH]c3cn2)c1. The highest BCUT2D eigenvalue weighted by Gasteiger charge is 2.16. The summed E-state index contributed by atoms with van der Waals surface area (Å²) in [6, 6.07) is 14.7. The maximum atomic E-state index is 4.96. The lowest BCUT2D eigenvalue weighted by molar-refractivity contribution is 0.400. The number of aromatic nitrogens is 6. The van der Waals surface area contributed by atoms with Crippen molar-refractivity contribution in [3.8, 4) is 33.2 Å². The first-order valence-corrected chi connectivity index (χ1v) is 12.5. The predicted molar refractivity (Wildman–Crippen MR) is 142 cm³/mol. The topological polar surface area (TPSA) is 86.4 Å². The largest absolute Gasteiger partial charge is 0.337 e. The van der Waals surface area contributed by atoms with Gasteiger partial charge in [0.1, 0.15) is 5.69 Å². The van der Waals surface area contributed by atoms with Crippen LogP contribution in [0.5, 0.6) is 0 Å². The van der Waals surface area contributed by atoms with Crippen LogP contribution in [0.15, 0.2) is 66.4 Å². The molecule has 5 aromatic heterocycles. The standard InChI is InChI=1S/C27H25N7S/c1-34(2)10-4-6-17-12-18(15-28-14-17)22-13-20-23(16-29-22)32-33-26(20)27-30-21-8-3-7-19(25(21)31-27)24-9-5-11-35-24/h3,5,7-9,11-16H,4,6,10H2,1-2H3,(H,30,31)(H,32,33). The highest BCUT2D eigenvalue weighted by molar-refractivity contribution is 7.13. The third-order valence-corrected chi connectivity index (χ3v) is 7.04. The number of benzene rings is 1. The number of hydrogen-bond acceptors (Lipinski definition) is 6. The van der Waals surface area contributed by atoms with E-state index < -0.39 is 0 Å². The third kappa shape index (κ3) is 4.22. The minimum atomic E-state index is 0.739. The summed E-state index contributed by atoms with van der Waals surface area (Å²) in [7, 11) is 4.20. The molecule has 6 rings (SSSR count). The maximum absolute atomic E-state index is 4.96. The Balaban J connectivity index is 1.38. The number of fused-ring (bicyclic) bond motifs is 2. The van der Waals surface area contributed by atoms with E-state index in [0.29, 0.717) is 0 Å². The fourth-order valence-corrected chi connectivity index (χ4v) is 5.15. The summed E-state index contributed by atoms with van der Waals surface area (Å²) in [6.07, 6.45) is 7.73. The zero-order valence-corrected chi connectivity index (χ0v) is 20.4. The van der Waals surface area contributed by atoms with Crippen LogP contribution in [0, 0.1) is 0 Å². The Kier molecular flexibility index (Phi) is 5.60. The van der Waals surface area contributed by atoms with Crippen LogP contribution in [0.4, 0.5) is 0 Å². The van der Waals surface area contributed by atoms with Crippen LogP contribution in [-0.4, -0.2) is 55.7 Å². The molecule has 0 atom stereocenters. The van der Waals surface area contributed by atoms with E-state index in [0.717, 1.165) is 69.7 Å². The second-order valence-electron chi connectivity index (χ2n) is 8.94. The van der Waals surface area contributed by atoms with E-state index in [-0.39, 0.29) is 0 Å². The summed E-state index contributed by atoms with van der Waals surface area (Å²) < 4.78 is 0. The summed E-state index contributed by atoms with van der Waals surface area (Å²) in [4.78, 5) is 21.0. The summed E-state index contributed by atoms with van der Waals surface area (Å²) in [5.41, 5.74) is 7.82. The lowest BCUT2D eigenvalue weighted by atomic mass is 10.1. The molecule has 8 heteroatoms. The lowest BCUT2D eigenvalue weighted by Gasteiger charge is -2.09. The van der Waals surface area contributed by atoms with Crippen LogP contribution < -0.4 is 0 Å². The quantitative estimate of drug-likeness (QED) is 0.303. The molecule has 7 nitrogen and oxygen atoms in total. The summed E-state index contributed by atoms with van der Waals surface area (Å²) in [5.74, 6) is 0.739. The van der Waals surface area contributed by atoms with Gasteiger partial charge in [-0.2, -0.15) is 5.10 Å². The van der Waals surface area contributed by atoms with E-state index in [1.807, 2.05) is 18.6 Å². The molecule has 174 valence electrons. The number of aryl methyl sites for hydroxylation is 1. The molecular formula is C27H25N7S. The van der Waals surface area contributed by atoms with Gasteiger partial charge in [-0.05, 0) is 68.7 Å². The van der Waals surface area contributed by atoms with Crippen molar-refractivity contribution in [2.45, 2.75) is 12.8 Å². The average molecular weight is 480 g/mol. The fraction of sp³-hybridized carbons (Fsp3) is 0.185. The smallest absolute Gasteiger partial charge is 0.159 e. The van der Waals surface area contributed by atoms with Crippen molar-refractivity contribution in [3.63, 3.8) is 0 Å². The zero-order valence-electron chi connectivity index (χ0n) is 19.6. The van der Waals surface area contributed by atoms with E-state index in [1.54, 1.807) is 11.3 Å². The van der Waals surface area contributed by atoms with Gasteiger partial charge >= 0.3 is 0 Å². The van der Waals surface area contributed by atoms with Crippen LogP contribution in [0.2, 0.25) is 0 Å². The highest BCUT2D eigenvalue weighted by atomic mass is 32.1. The van der Waals surface area contributed by atoms with Gasteiger partial charge in [0.15, 0.2) is 5.82 Å². The molecule has 2 N–H and O–H groups in total. The molecule has 0 saturated heterocycles. The Hall–Kier alpha value is -3.88. The van der Waals surface area contributed by atoms with Crippen molar-refractivity contribution in [2.24, 2.45) is 0 Å². The number of para-hydroxylation sites is 1. The van der Waals surface area contributed by atoms with Crippen molar-refractivity contribution in [1.82, 2.24) is 35.0 Å². The van der Waals surface area contributed by atoms with Gasteiger partial charge in [0.2, 0.25) is 0 Å². The van der Waals surface area contributed by atoms with E-state index in [9.17, 15) is 0 Å². The first kappa shape index (κ1) is 21.6. The Morgan fingerprint density at radius 2 is 1.94 bits per heavy atom. The first-order valence-electron chi connectivity index (χ1n) is 11.6. The van der Waals surface area contributed by atoms with Gasteiger partial charge < -0.3 is 9.88 Å². The predicted octanol–water partition coefficient (Wildman–Crippen LogP) is 5.79. The molecule has 0 unspecified atom stereocenters. The van der Waals surface area contributed by atoms with E-state index in [1.165, 1.54) is 10.4 Å². The van der Waals surface area contributed by atoms with E-state index >= 15 is 0 Å². The Morgan fingerprint density at radius 3 is 2.80 bits per heavy atom. The van der Waals surface area contributed by atoms with Gasteiger partial charge in [-0.1, -0.05) is 18.2 Å². The van der Waals surface area contributed by atoms with Crippen molar-refractivity contribution in [3.05, 3.63) is 72.0 Å². The minimum Gasteiger partial charge on any atom is -0.337 e. The number of thiophene rings is 1. The molecule has 6 aromatic rings. The van der Waals surface area contributed by atoms with Gasteiger partial charge in [0.25, 0.3) is 0 Å². The first-order chi connectivity index (χ1) is 17.2. The van der Waals surface area contributed by atoms with Gasteiger partial charge in [-0.15, -0.1) is 11.3 Å². The summed E-state index contributed by atoms with van der Waals surface area (Å²) in [5, 5.41) is 10.8. The van der Waals surface area contributed by atoms with Gasteiger partial charge in [0.05, 0.1) is 28.4 Å². The van der Waals surface area contributed by atoms with E-state index in [2.05, 4.69) is 92.0 Å². The zero-order chi connectivity index (χ0) is 23.8. The molecule has 0 amide bonds. The number of pyridine rings is 2. The molecule has 0 saturated carbocycles. The number of rotatable bonds is 7. The van der Waals surface area contributed by atoms with Crippen LogP contribution in [-0.2, 0) is 6.42 Å². The second-order valence-corrected chi connectivity index (χ2v) is 9.89. The minimum absolute atomic E-state index is 0.739. The lowest BCUT2D eigenvalue weighted by Crippen LogP contribution is -2.13. The van der Waals surface area contributed by atoms with Crippen molar-refractivity contribution in [1.29, 1.82) is 0 Å². The number of imidazole rings is 1. The number of H-pyrrole nitrogens is 2. The third-order valence-electron chi connectivity index (χ3n) is 6.13. The fourth-order valence-electron chi connectivity index (χ4n) is 4.39. The molecule has 0 aliphatic carbocycles. The van der Waals surface area contributed by atoms with Crippen LogP contribution in [0.1, 0.15) is 12.0 Å². The Bertz CT molecular complexity index is 1610. The molecule has 0 fully saturated rings. The summed E-state index contributed by atoms with van der Waals surface area (Å²) >= 11 is 1.71. The highest BCUT2D eigenvalue weighted by Crippen LogP contribution is 2.34. The number of hydrogen-bond donors (Lipinski definition) is 2. The van der Waals surface area contributed by atoms with Crippen LogP contribution >= 0.6 is 11.3 Å². The van der Waals surface area contributed by atoms with Gasteiger partial charge in [-0.3, -0.25) is 15.1 Å². The van der Waals surface area contributed by atoms with Crippen LogP contribution in [0.3, 0.4) is 0 Å². The van der Waals surface area contributed by atoms with Crippen molar-refractivity contribution >= 4 is 33.3 Å².